The number of benzene rings is 1. The molecule has 0 spiro atoms. The minimum Gasteiger partial charge on any atom is -0.452 e. The number of aryl methyl sites for hydroxylation is 2. The molecule has 34 heavy (non-hydrogen) atoms. The Kier molecular flexibility index (Phi) is 6.60. The van der Waals surface area contributed by atoms with E-state index in [0.29, 0.717) is 29.3 Å². The summed E-state index contributed by atoms with van der Waals surface area (Å²) in [5.74, 6) is 0.0945. The first-order chi connectivity index (χ1) is 16.1. The quantitative estimate of drug-likeness (QED) is 0.473. The molecule has 0 radical (unpaired) electrons. The van der Waals surface area contributed by atoms with Crippen molar-refractivity contribution in [1.29, 1.82) is 0 Å². The molecule has 1 aromatic carbocycles. The zero-order valence-electron chi connectivity index (χ0n) is 19.4. The lowest BCUT2D eigenvalue weighted by Gasteiger charge is -2.28. The minimum atomic E-state index is -3.19. The third-order valence-electron chi connectivity index (χ3n) is 5.99. The zero-order chi connectivity index (χ0) is 24.5. The van der Waals surface area contributed by atoms with Gasteiger partial charge in [-0.2, -0.15) is 0 Å². The van der Waals surface area contributed by atoms with Crippen molar-refractivity contribution in [3.63, 3.8) is 0 Å². The summed E-state index contributed by atoms with van der Waals surface area (Å²) in [7, 11) is -3.19. The lowest BCUT2D eigenvalue weighted by Crippen LogP contribution is -2.42. The SMILES string of the molecule is Cc1cc(-n2c(C)cc(C(=O)OCC(=O)N(Cc3ccccc3)[C@H]3CCS(=O)(=O)C3)c2C)no1. The highest BCUT2D eigenvalue weighted by Gasteiger charge is 2.35. The number of hydrogen-bond acceptors (Lipinski definition) is 7. The number of esters is 1. The van der Waals surface area contributed by atoms with E-state index in [0.717, 1.165) is 11.3 Å². The van der Waals surface area contributed by atoms with E-state index in [9.17, 15) is 18.0 Å². The van der Waals surface area contributed by atoms with Crippen LogP contribution in [0, 0.1) is 20.8 Å². The molecule has 0 saturated carbocycles. The molecule has 1 saturated heterocycles. The average Bonchev–Trinajstić information content (AvgIpc) is 3.47. The van der Waals surface area contributed by atoms with Crippen LogP contribution < -0.4 is 0 Å². The maximum atomic E-state index is 13.1. The summed E-state index contributed by atoms with van der Waals surface area (Å²) >= 11 is 0. The first-order valence-corrected chi connectivity index (χ1v) is 12.8. The molecule has 9 nitrogen and oxygen atoms in total. The first-order valence-electron chi connectivity index (χ1n) is 11.0. The maximum absolute atomic E-state index is 13.1. The summed E-state index contributed by atoms with van der Waals surface area (Å²) in [5, 5.41) is 4.00. The second-order valence-corrected chi connectivity index (χ2v) is 10.8. The van der Waals surface area contributed by atoms with Crippen LogP contribution in [0.5, 0.6) is 0 Å². The number of aromatic nitrogens is 2. The van der Waals surface area contributed by atoms with Gasteiger partial charge in [0.1, 0.15) is 5.76 Å². The van der Waals surface area contributed by atoms with Crippen molar-refractivity contribution >= 4 is 21.7 Å². The largest absolute Gasteiger partial charge is 0.452 e. The third kappa shape index (κ3) is 5.06. The van der Waals surface area contributed by atoms with Crippen molar-refractivity contribution in [3.8, 4) is 5.82 Å². The van der Waals surface area contributed by atoms with Gasteiger partial charge in [0, 0.05) is 30.0 Å². The van der Waals surface area contributed by atoms with Crippen molar-refractivity contribution in [1.82, 2.24) is 14.6 Å². The predicted octanol–water partition coefficient (Wildman–Crippen LogP) is 2.76. The van der Waals surface area contributed by atoms with Crippen LogP contribution in [-0.2, 0) is 25.9 Å². The Balaban J connectivity index is 1.49. The first kappa shape index (κ1) is 23.7. The van der Waals surface area contributed by atoms with E-state index in [1.165, 1.54) is 4.90 Å². The fraction of sp³-hybridized carbons (Fsp3) is 0.375. The number of carbonyl (C=O) groups excluding carboxylic acids is 2. The van der Waals surface area contributed by atoms with E-state index in [2.05, 4.69) is 5.16 Å². The number of hydrogen-bond donors (Lipinski definition) is 0. The van der Waals surface area contributed by atoms with E-state index in [-0.39, 0.29) is 18.1 Å². The topological polar surface area (TPSA) is 112 Å². The van der Waals surface area contributed by atoms with Crippen LogP contribution in [0.2, 0.25) is 0 Å². The smallest absolute Gasteiger partial charge is 0.340 e. The van der Waals surface area contributed by atoms with E-state index >= 15 is 0 Å². The van der Waals surface area contributed by atoms with Gasteiger partial charge in [0.15, 0.2) is 22.3 Å². The van der Waals surface area contributed by atoms with Gasteiger partial charge in [0.2, 0.25) is 0 Å². The molecule has 0 N–H and O–H groups in total. The highest BCUT2D eigenvalue weighted by Crippen LogP contribution is 2.23. The van der Waals surface area contributed by atoms with Gasteiger partial charge in [0.05, 0.1) is 17.1 Å². The fourth-order valence-corrected chi connectivity index (χ4v) is 6.02. The van der Waals surface area contributed by atoms with Gasteiger partial charge >= 0.3 is 5.97 Å². The molecule has 1 amide bonds. The molecule has 1 aliphatic rings. The van der Waals surface area contributed by atoms with Crippen LogP contribution in [0.25, 0.3) is 5.82 Å². The van der Waals surface area contributed by atoms with Crippen LogP contribution in [-0.4, -0.2) is 59.1 Å². The van der Waals surface area contributed by atoms with E-state index in [1.807, 2.05) is 37.3 Å². The van der Waals surface area contributed by atoms with Crippen LogP contribution in [0.1, 0.15) is 39.5 Å². The Hall–Kier alpha value is -3.40. The highest BCUT2D eigenvalue weighted by atomic mass is 32.2. The normalized spacial score (nSPS) is 17.0. The molecule has 4 rings (SSSR count). The Morgan fingerprint density at radius 3 is 2.53 bits per heavy atom. The Labute approximate surface area is 198 Å². The van der Waals surface area contributed by atoms with Crippen molar-refractivity contribution in [2.45, 2.75) is 39.8 Å². The molecule has 0 bridgehead atoms. The van der Waals surface area contributed by atoms with Crippen molar-refractivity contribution in [2.24, 2.45) is 0 Å². The summed E-state index contributed by atoms with van der Waals surface area (Å²) in [6, 6.07) is 12.3. The lowest BCUT2D eigenvalue weighted by atomic mass is 10.1. The second-order valence-electron chi connectivity index (χ2n) is 8.56. The standard InChI is InChI=1S/C24H27N3O6S/c1-16-11-21(18(3)27(16)22-12-17(2)33-25-22)24(29)32-14-23(28)26(13-19-7-5-4-6-8-19)20-9-10-34(30,31)15-20/h4-8,11-12,20H,9-10,13-15H2,1-3H3/t20-/m0/s1. The molecule has 3 heterocycles. The van der Waals surface area contributed by atoms with Crippen LogP contribution in [0.3, 0.4) is 0 Å². The van der Waals surface area contributed by atoms with Crippen molar-refractivity contribution < 1.29 is 27.3 Å². The lowest BCUT2D eigenvalue weighted by molar-refractivity contribution is -0.137. The van der Waals surface area contributed by atoms with E-state index in [1.54, 1.807) is 30.5 Å². The molecule has 180 valence electrons. The predicted molar refractivity (Wildman–Crippen MR) is 124 cm³/mol. The van der Waals surface area contributed by atoms with Gasteiger partial charge in [-0.3, -0.25) is 9.36 Å². The monoisotopic (exact) mass is 485 g/mol. The second kappa shape index (κ2) is 9.46. The molecular weight excluding hydrogens is 458 g/mol. The molecule has 3 aromatic rings. The fourth-order valence-electron chi connectivity index (χ4n) is 4.29. The van der Waals surface area contributed by atoms with Crippen molar-refractivity contribution in [2.75, 3.05) is 18.1 Å². The van der Waals surface area contributed by atoms with Gasteiger partial charge in [0.25, 0.3) is 5.91 Å². The number of amides is 1. The molecule has 1 aliphatic heterocycles. The Bertz CT molecular complexity index is 1310. The molecule has 2 aromatic heterocycles. The highest BCUT2D eigenvalue weighted by molar-refractivity contribution is 7.91. The summed E-state index contributed by atoms with van der Waals surface area (Å²) < 4.78 is 36.3. The molecular formula is C24H27N3O6S. The maximum Gasteiger partial charge on any atom is 0.340 e. The van der Waals surface area contributed by atoms with Gasteiger partial charge in [-0.05, 0) is 38.8 Å². The van der Waals surface area contributed by atoms with Crippen LogP contribution in [0.15, 0.2) is 47.0 Å². The number of nitrogens with zero attached hydrogens (tertiary/aromatic N) is 3. The summed E-state index contributed by atoms with van der Waals surface area (Å²) in [5.41, 5.74) is 2.58. The number of ether oxygens (including phenoxy) is 1. The van der Waals surface area contributed by atoms with Crippen molar-refractivity contribution in [3.05, 3.63) is 70.7 Å². The summed E-state index contributed by atoms with van der Waals surface area (Å²) in [4.78, 5) is 27.4. The molecule has 0 unspecified atom stereocenters. The Morgan fingerprint density at radius 2 is 1.91 bits per heavy atom. The minimum absolute atomic E-state index is 0.0452. The van der Waals surface area contributed by atoms with Crippen LogP contribution >= 0.6 is 0 Å². The number of rotatable bonds is 7. The summed E-state index contributed by atoms with van der Waals surface area (Å²) in [6.07, 6.45) is 0.368. The third-order valence-corrected chi connectivity index (χ3v) is 7.74. The molecule has 1 atom stereocenters. The van der Waals surface area contributed by atoms with Gasteiger partial charge < -0.3 is 14.2 Å². The van der Waals surface area contributed by atoms with E-state index < -0.39 is 34.4 Å². The van der Waals surface area contributed by atoms with Gasteiger partial charge in [-0.1, -0.05) is 35.5 Å². The Morgan fingerprint density at radius 1 is 1.18 bits per heavy atom. The van der Waals surface area contributed by atoms with Crippen LogP contribution in [0.4, 0.5) is 0 Å². The molecule has 10 heteroatoms. The molecule has 1 fully saturated rings. The average molecular weight is 486 g/mol. The zero-order valence-corrected chi connectivity index (χ0v) is 20.2. The number of sulfone groups is 1. The molecule has 0 aliphatic carbocycles. The van der Waals surface area contributed by atoms with E-state index in [4.69, 9.17) is 9.26 Å². The number of carbonyl (C=O) groups is 2. The summed E-state index contributed by atoms with van der Waals surface area (Å²) in [6.45, 7) is 5.15. The van der Waals surface area contributed by atoms with Gasteiger partial charge in [-0.15, -0.1) is 0 Å². The van der Waals surface area contributed by atoms with Gasteiger partial charge in [-0.25, -0.2) is 13.2 Å².